The summed E-state index contributed by atoms with van der Waals surface area (Å²) in [4.78, 5) is 2.00. The Morgan fingerprint density at radius 3 is 2.50 bits per heavy atom. The third kappa shape index (κ3) is 3.68. The number of aryl methyl sites for hydroxylation is 1. The molecule has 0 aliphatic rings. The van der Waals surface area contributed by atoms with Crippen molar-refractivity contribution in [3.05, 3.63) is 57.0 Å². The normalized spacial score (nSPS) is 10.4. The largest absolute Gasteiger partial charge is 0.381 e. The second kappa shape index (κ2) is 6.51. The van der Waals surface area contributed by atoms with Crippen LogP contribution in [0.3, 0.4) is 0 Å². The molecule has 0 fully saturated rings. The molecule has 0 amide bonds. The summed E-state index contributed by atoms with van der Waals surface area (Å²) in [6.07, 6.45) is 0. The Labute approximate surface area is 133 Å². The second-order valence-electron chi connectivity index (χ2n) is 5.01. The van der Waals surface area contributed by atoms with Crippen molar-refractivity contribution < 1.29 is 0 Å². The van der Waals surface area contributed by atoms with Gasteiger partial charge >= 0.3 is 0 Å². The number of nitrogens with one attached hydrogen (secondary N) is 1. The summed E-state index contributed by atoms with van der Waals surface area (Å²) in [6.45, 7) is 2.85. The molecule has 0 bridgehead atoms. The van der Waals surface area contributed by atoms with E-state index in [4.69, 9.17) is 11.6 Å². The van der Waals surface area contributed by atoms with E-state index in [9.17, 15) is 0 Å². The number of hydrogen-bond donors (Lipinski definition) is 1. The van der Waals surface area contributed by atoms with Crippen molar-refractivity contribution >= 4 is 38.9 Å². The predicted molar refractivity (Wildman–Crippen MR) is 92.0 cm³/mol. The Kier molecular flexibility index (Phi) is 4.95. The van der Waals surface area contributed by atoms with Gasteiger partial charge in [0.2, 0.25) is 0 Å². The second-order valence-corrected chi connectivity index (χ2v) is 6.27. The van der Waals surface area contributed by atoms with Gasteiger partial charge in [0.05, 0.1) is 10.7 Å². The molecule has 2 aromatic rings. The fourth-order valence-electron chi connectivity index (χ4n) is 1.97. The van der Waals surface area contributed by atoms with Crippen LogP contribution in [0.5, 0.6) is 0 Å². The molecule has 0 aromatic heterocycles. The third-order valence-electron chi connectivity index (χ3n) is 3.12. The van der Waals surface area contributed by atoms with Gasteiger partial charge in [-0.25, -0.2) is 0 Å². The standard InChI is InChI=1S/C16H18BrClN2/c1-11-4-5-12(14(17)8-11)10-19-13-6-7-16(20(2)3)15(18)9-13/h4-9,19H,10H2,1-3H3. The van der Waals surface area contributed by atoms with Crippen molar-refractivity contribution in [3.8, 4) is 0 Å². The molecule has 0 heterocycles. The van der Waals surface area contributed by atoms with Crippen LogP contribution in [0.25, 0.3) is 0 Å². The zero-order valence-corrected chi connectivity index (χ0v) is 14.2. The van der Waals surface area contributed by atoms with Crippen molar-refractivity contribution in [1.29, 1.82) is 0 Å². The number of benzene rings is 2. The fourth-order valence-corrected chi connectivity index (χ4v) is 2.96. The van der Waals surface area contributed by atoms with Crippen LogP contribution in [0, 0.1) is 6.92 Å². The lowest BCUT2D eigenvalue weighted by Gasteiger charge is -2.16. The fraction of sp³-hybridized carbons (Fsp3) is 0.250. The average Bonchev–Trinajstić information content (AvgIpc) is 2.37. The molecule has 0 aliphatic heterocycles. The first-order valence-corrected chi connectivity index (χ1v) is 7.60. The quantitative estimate of drug-likeness (QED) is 0.823. The van der Waals surface area contributed by atoms with Crippen LogP contribution >= 0.6 is 27.5 Å². The summed E-state index contributed by atoms with van der Waals surface area (Å²) in [5.41, 5.74) is 4.52. The summed E-state index contributed by atoms with van der Waals surface area (Å²) in [5, 5.41) is 4.15. The molecule has 0 radical (unpaired) electrons. The first-order chi connectivity index (χ1) is 9.47. The maximum absolute atomic E-state index is 6.27. The molecule has 4 heteroatoms. The lowest BCUT2D eigenvalue weighted by atomic mass is 10.1. The van der Waals surface area contributed by atoms with E-state index in [1.807, 2.05) is 37.2 Å². The molecule has 0 unspecified atom stereocenters. The van der Waals surface area contributed by atoms with E-state index >= 15 is 0 Å². The molecule has 2 rings (SSSR count). The number of nitrogens with zero attached hydrogens (tertiary/aromatic N) is 1. The number of anilines is 2. The van der Waals surface area contributed by atoms with Crippen LogP contribution in [0.2, 0.25) is 5.02 Å². The van der Waals surface area contributed by atoms with Crippen LogP contribution < -0.4 is 10.2 Å². The Morgan fingerprint density at radius 2 is 1.90 bits per heavy atom. The average molecular weight is 354 g/mol. The third-order valence-corrected chi connectivity index (χ3v) is 4.16. The van der Waals surface area contributed by atoms with Gasteiger partial charge in [0.15, 0.2) is 0 Å². The zero-order chi connectivity index (χ0) is 14.7. The molecule has 0 atom stereocenters. The molecule has 20 heavy (non-hydrogen) atoms. The lowest BCUT2D eigenvalue weighted by molar-refractivity contribution is 1.12. The molecule has 0 aliphatic carbocycles. The Balaban J connectivity index is 2.09. The van der Waals surface area contributed by atoms with Gasteiger partial charge in [-0.3, -0.25) is 0 Å². The van der Waals surface area contributed by atoms with Crippen LogP contribution in [-0.2, 0) is 6.54 Å². The Hall–Kier alpha value is -1.19. The topological polar surface area (TPSA) is 15.3 Å². The van der Waals surface area contributed by atoms with E-state index in [-0.39, 0.29) is 0 Å². The first-order valence-electron chi connectivity index (χ1n) is 6.43. The van der Waals surface area contributed by atoms with E-state index in [1.165, 1.54) is 11.1 Å². The maximum Gasteiger partial charge on any atom is 0.0659 e. The highest BCUT2D eigenvalue weighted by molar-refractivity contribution is 9.10. The highest BCUT2D eigenvalue weighted by Gasteiger charge is 2.04. The Morgan fingerprint density at radius 1 is 1.15 bits per heavy atom. The summed E-state index contributed by atoms with van der Waals surface area (Å²) in [5.74, 6) is 0. The monoisotopic (exact) mass is 352 g/mol. The van der Waals surface area contributed by atoms with Crippen LogP contribution in [-0.4, -0.2) is 14.1 Å². The first kappa shape index (κ1) is 15.2. The SMILES string of the molecule is Cc1ccc(CNc2ccc(N(C)C)c(Cl)c2)c(Br)c1. The van der Waals surface area contributed by atoms with Crippen molar-refractivity contribution in [2.45, 2.75) is 13.5 Å². The molecule has 0 saturated carbocycles. The number of halogens is 2. The predicted octanol–water partition coefficient (Wildman–Crippen LogP) is 5.09. The van der Waals surface area contributed by atoms with Gasteiger partial charge in [-0.05, 0) is 42.3 Å². The molecule has 0 spiro atoms. The highest BCUT2D eigenvalue weighted by atomic mass is 79.9. The molecule has 2 aromatic carbocycles. The highest BCUT2D eigenvalue weighted by Crippen LogP contribution is 2.28. The van der Waals surface area contributed by atoms with Gasteiger partial charge in [0.1, 0.15) is 0 Å². The number of rotatable bonds is 4. The molecular weight excluding hydrogens is 336 g/mol. The molecule has 1 N–H and O–H groups in total. The van der Waals surface area contributed by atoms with Gasteiger partial charge in [-0.2, -0.15) is 0 Å². The molecule has 0 saturated heterocycles. The minimum atomic E-state index is 0.753. The van der Waals surface area contributed by atoms with Crippen LogP contribution in [0.4, 0.5) is 11.4 Å². The van der Waals surface area contributed by atoms with E-state index in [2.05, 4.69) is 46.4 Å². The van der Waals surface area contributed by atoms with Gasteiger partial charge in [-0.15, -0.1) is 0 Å². The van der Waals surface area contributed by atoms with Crippen LogP contribution in [0.1, 0.15) is 11.1 Å². The Bertz CT molecular complexity index is 611. The molecule has 106 valence electrons. The summed E-state index contributed by atoms with van der Waals surface area (Å²) < 4.78 is 1.13. The number of hydrogen-bond acceptors (Lipinski definition) is 2. The molecule has 2 nitrogen and oxygen atoms in total. The smallest absolute Gasteiger partial charge is 0.0659 e. The van der Waals surface area contributed by atoms with Crippen LogP contribution in [0.15, 0.2) is 40.9 Å². The van der Waals surface area contributed by atoms with Gasteiger partial charge in [0, 0.05) is 30.8 Å². The summed E-state index contributed by atoms with van der Waals surface area (Å²) in [6, 6.07) is 12.4. The van der Waals surface area contributed by atoms with Gasteiger partial charge in [0.25, 0.3) is 0 Å². The van der Waals surface area contributed by atoms with Crippen molar-refractivity contribution in [1.82, 2.24) is 0 Å². The van der Waals surface area contributed by atoms with Crippen molar-refractivity contribution in [2.24, 2.45) is 0 Å². The summed E-state index contributed by atoms with van der Waals surface area (Å²) >= 11 is 9.86. The van der Waals surface area contributed by atoms with E-state index < -0.39 is 0 Å². The van der Waals surface area contributed by atoms with Gasteiger partial charge in [-0.1, -0.05) is 39.7 Å². The summed E-state index contributed by atoms with van der Waals surface area (Å²) in [7, 11) is 3.97. The minimum absolute atomic E-state index is 0.753. The van der Waals surface area contributed by atoms with E-state index in [0.29, 0.717) is 0 Å². The zero-order valence-electron chi connectivity index (χ0n) is 11.9. The van der Waals surface area contributed by atoms with E-state index in [1.54, 1.807) is 0 Å². The molecular formula is C16H18BrClN2. The van der Waals surface area contributed by atoms with Gasteiger partial charge < -0.3 is 10.2 Å². The lowest BCUT2D eigenvalue weighted by Crippen LogP contribution is -2.09. The van der Waals surface area contributed by atoms with Crippen molar-refractivity contribution in [2.75, 3.05) is 24.3 Å². The van der Waals surface area contributed by atoms with Crippen molar-refractivity contribution in [3.63, 3.8) is 0 Å². The van der Waals surface area contributed by atoms with E-state index in [0.717, 1.165) is 27.4 Å². The maximum atomic E-state index is 6.27. The minimum Gasteiger partial charge on any atom is -0.381 e.